The normalized spacial score (nSPS) is 18.2. The summed E-state index contributed by atoms with van der Waals surface area (Å²) in [5.41, 5.74) is 0.781. The molecule has 184 valence electrons. The minimum absolute atomic E-state index is 0.0902. The van der Waals surface area contributed by atoms with Crippen molar-refractivity contribution in [1.82, 2.24) is 10.2 Å². The summed E-state index contributed by atoms with van der Waals surface area (Å²) in [4.78, 5) is 15.3. The number of amides is 1. The van der Waals surface area contributed by atoms with Crippen LogP contribution in [0.15, 0.2) is 52.0 Å². The number of carbonyl (C=O) groups is 1. The number of furan rings is 1. The molecular weight excluding hydrogens is 474 g/mol. The van der Waals surface area contributed by atoms with Crippen molar-refractivity contribution >= 4 is 34.2 Å². The maximum Gasteiger partial charge on any atom is 0.277 e. The van der Waals surface area contributed by atoms with E-state index in [-0.39, 0.29) is 11.5 Å². The minimum Gasteiger partial charge on any atom is -0.486 e. The van der Waals surface area contributed by atoms with Crippen LogP contribution in [0.4, 0.5) is 0 Å². The van der Waals surface area contributed by atoms with Gasteiger partial charge in [0.15, 0.2) is 17.3 Å². The van der Waals surface area contributed by atoms with Gasteiger partial charge in [-0.25, -0.2) is 0 Å². The second-order valence-electron chi connectivity index (χ2n) is 8.99. The number of rotatable bonds is 7. The number of likely N-dealkylation sites (tertiary alicyclic amines) is 1. The molecule has 0 bridgehead atoms. The van der Waals surface area contributed by atoms with E-state index in [0.29, 0.717) is 58.7 Å². The minimum atomic E-state index is -1.04. The summed E-state index contributed by atoms with van der Waals surface area (Å²) < 4.78 is 16.9. The third kappa shape index (κ3) is 4.93. The smallest absolute Gasteiger partial charge is 0.277 e. The monoisotopic (exact) mass is 499 g/mol. The van der Waals surface area contributed by atoms with Crippen molar-refractivity contribution in [3.05, 3.63) is 58.8 Å². The number of aliphatic hydroxyl groups is 1. The van der Waals surface area contributed by atoms with E-state index < -0.39 is 18.1 Å². The lowest BCUT2D eigenvalue weighted by Crippen LogP contribution is -2.54. The van der Waals surface area contributed by atoms with Crippen LogP contribution in [-0.2, 0) is 4.79 Å². The number of carbonyl (C=O) groups excluding carboxylic acids is 1. The third-order valence-electron chi connectivity index (χ3n) is 6.23. The van der Waals surface area contributed by atoms with E-state index in [4.69, 9.17) is 25.5 Å². The van der Waals surface area contributed by atoms with Gasteiger partial charge >= 0.3 is 0 Å². The average molecular weight is 500 g/mol. The first-order chi connectivity index (χ1) is 16.9. The molecular formula is C25H26ClN3O6. The number of fused-ring (bicyclic) bond motifs is 2. The summed E-state index contributed by atoms with van der Waals surface area (Å²) in [6, 6.07) is 11.1. The van der Waals surface area contributed by atoms with E-state index >= 15 is 0 Å². The first kappa shape index (κ1) is 23.5. The first-order valence-corrected chi connectivity index (χ1v) is 11.8. The molecule has 2 unspecified atom stereocenters. The highest BCUT2D eigenvalue weighted by Gasteiger charge is 2.32. The molecule has 10 heteroatoms. The van der Waals surface area contributed by atoms with Crippen molar-refractivity contribution in [2.24, 2.45) is 11.1 Å². The van der Waals surface area contributed by atoms with E-state index in [2.05, 4.69) is 22.3 Å². The second-order valence-corrected chi connectivity index (χ2v) is 9.43. The van der Waals surface area contributed by atoms with E-state index in [1.807, 2.05) is 0 Å². The Kier molecular flexibility index (Phi) is 6.55. The highest BCUT2D eigenvalue weighted by atomic mass is 35.5. The van der Waals surface area contributed by atoms with Crippen LogP contribution < -0.4 is 14.8 Å². The van der Waals surface area contributed by atoms with Crippen LogP contribution >= 0.6 is 11.6 Å². The molecule has 1 aromatic heterocycles. The van der Waals surface area contributed by atoms with Gasteiger partial charge < -0.3 is 34.4 Å². The molecule has 3 N–H and O–H groups in total. The molecule has 0 saturated carbocycles. The van der Waals surface area contributed by atoms with Gasteiger partial charge in [0.05, 0.1) is 6.04 Å². The Labute approximate surface area is 206 Å². The molecule has 2 atom stereocenters. The van der Waals surface area contributed by atoms with Crippen LogP contribution in [0.3, 0.4) is 0 Å². The number of oxime groups is 1. The molecule has 2 aliphatic rings. The van der Waals surface area contributed by atoms with Crippen molar-refractivity contribution in [3.63, 3.8) is 0 Å². The van der Waals surface area contributed by atoms with Gasteiger partial charge in [0.25, 0.3) is 5.91 Å². The van der Waals surface area contributed by atoms with Gasteiger partial charge in [0.2, 0.25) is 5.71 Å². The molecule has 0 aliphatic carbocycles. The number of nitrogens with zero attached hydrogens (tertiary/aromatic N) is 2. The van der Waals surface area contributed by atoms with Crippen LogP contribution in [0.5, 0.6) is 11.5 Å². The Bertz CT molecular complexity index is 1270. The summed E-state index contributed by atoms with van der Waals surface area (Å²) >= 11 is 6.04. The predicted molar refractivity (Wildman–Crippen MR) is 129 cm³/mol. The molecule has 3 aromatic rings. The number of aliphatic hydroxyl groups excluding tert-OH is 1. The summed E-state index contributed by atoms with van der Waals surface area (Å²) in [7, 11) is 0. The van der Waals surface area contributed by atoms with Crippen LogP contribution in [0.1, 0.15) is 24.4 Å². The van der Waals surface area contributed by atoms with Crippen LogP contribution in [0.25, 0.3) is 11.0 Å². The second kappa shape index (κ2) is 9.77. The van der Waals surface area contributed by atoms with Gasteiger partial charge in [0.1, 0.15) is 24.9 Å². The molecule has 1 amide bonds. The van der Waals surface area contributed by atoms with Gasteiger partial charge in [-0.3, -0.25) is 4.79 Å². The SMILES string of the molecule is CC1CN(CC(NC(=O)/C(=N/O)c2cc3cc(Cl)ccc3o2)C(O)c2ccc3c(c2)OCCO3)C1. The number of halogens is 1. The van der Waals surface area contributed by atoms with Crippen LogP contribution in [-0.4, -0.2) is 65.7 Å². The lowest BCUT2D eigenvalue weighted by atomic mass is 9.97. The summed E-state index contributed by atoms with van der Waals surface area (Å²) in [5.74, 6) is 1.13. The van der Waals surface area contributed by atoms with E-state index in [1.54, 1.807) is 42.5 Å². The Morgan fingerprint density at radius 1 is 1.17 bits per heavy atom. The first-order valence-electron chi connectivity index (χ1n) is 11.4. The molecule has 2 aliphatic heterocycles. The summed E-state index contributed by atoms with van der Waals surface area (Å²) in [6.45, 7) is 5.19. The van der Waals surface area contributed by atoms with Gasteiger partial charge in [-0.2, -0.15) is 0 Å². The predicted octanol–water partition coefficient (Wildman–Crippen LogP) is 3.21. The third-order valence-corrected chi connectivity index (χ3v) is 6.46. The molecule has 5 rings (SSSR count). The van der Waals surface area contributed by atoms with Crippen molar-refractivity contribution in [3.8, 4) is 11.5 Å². The Hall–Kier alpha value is -3.27. The van der Waals surface area contributed by atoms with Crippen molar-refractivity contribution in [1.29, 1.82) is 0 Å². The quantitative estimate of drug-likeness (QED) is 0.259. The number of nitrogens with one attached hydrogen (secondary N) is 1. The van der Waals surface area contributed by atoms with E-state index in [1.165, 1.54) is 0 Å². The molecule has 1 saturated heterocycles. The maximum absolute atomic E-state index is 13.2. The number of hydrogen-bond acceptors (Lipinski definition) is 8. The highest BCUT2D eigenvalue weighted by molar-refractivity contribution is 6.44. The van der Waals surface area contributed by atoms with E-state index in [9.17, 15) is 15.1 Å². The number of ether oxygens (including phenoxy) is 2. The molecule has 0 spiro atoms. The summed E-state index contributed by atoms with van der Waals surface area (Å²) in [5, 5.41) is 28.1. The maximum atomic E-state index is 13.2. The van der Waals surface area contributed by atoms with Crippen molar-refractivity contribution in [2.75, 3.05) is 32.8 Å². The fourth-order valence-corrected chi connectivity index (χ4v) is 4.71. The summed E-state index contributed by atoms with van der Waals surface area (Å²) in [6.07, 6.45) is -1.04. The van der Waals surface area contributed by atoms with Gasteiger partial charge in [-0.1, -0.05) is 29.7 Å². The molecule has 2 aromatic carbocycles. The Balaban J connectivity index is 1.38. The zero-order valence-electron chi connectivity index (χ0n) is 19.1. The van der Waals surface area contributed by atoms with Crippen molar-refractivity contribution < 1.29 is 29.0 Å². The fourth-order valence-electron chi connectivity index (χ4n) is 4.53. The largest absolute Gasteiger partial charge is 0.486 e. The molecule has 35 heavy (non-hydrogen) atoms. The number of hydrogen-bond donors (Lipinski definition) is 3. The highest BCUT2D eigenvalue weighted by Crippen LogP contribution is 2.34. The molecule has 3 heterocycles. The van der Waals surface area contributed by atoms with Crippen LogP contribution in [0.2, 0.25) is 5.02 Å². The Morgan fingerprint density at radius 3 is 2.69 bits per heavy atom. The molecule has 1 fully saturated rings. The molecule has 0 radical (unpaired) electrons. The van der Waals surface area contributed by atoms with Crippen molar-refractivity contribution in [2.45, 2.75) is 19.1 Å². The zero-order valence-corrected chi connectivity index (χ0v) is 19.9. The van der Waals surface area contributed by atoms with Gasteiger partial charge in [-0.05, 0) is 47.9 Å². The molecule has 9 nitrogen and oxygen atoms in total. The van der Waals surface area contributed by atoms with Gasteiger partial charge in [0, 0.05) is 30.0 Å². The standard InChI is InChI=1S/C25H26ClN3O6/c1-14-11-29(12-14)13-18(24(30)15-2-4-20-21(9-15)34-7-6-33-20)27-25(31)23(28-32)22-10-16-8-17(26)3-5-19(16)35-22/h2-5,8-10,14,18,24,30,32H,6-7,11-13H2,1H3,(H,27,31)/b28-23+. The van der Waals surface area contributed by atoms with Crippen LogP contribution in [0, 0.1) is 5.92 Å². The van der Waals surface area contributed by atoms with E-state index in [0.717, 1.165) is 13.1 Å². The topological polar surface area (TPSA) is 117 Å². The Morgan fingerprint density at radius 2 is 1.94 bits per heavy atom. The zero-order chi connectivity index (χ0) is 24.5. The number of benzene rings is 2. The van der Waals surface area contributed by atoms with Gasteiger partial charge in [-0.15, -0.1) is 0 Å². The average Bonchev–Trinajstić information content (AvgIpc) is 3.24. The fraction of sp³-hybridized carbons (Fsp3) is 0.360. The lowest BCUT2D eigenvalue weighted by molar-refractivity contribution is -0.116. The lowest BCUT2D eigenvalue weighted by Gasteiger charge is -2.40.